The maximum absolute atomic E-state index is 12.5. The van der Waals surface area contributed by atoms with E-state index in [1.54, 1.807) is 12.1 Å². The van der Waals surface area contributed by atoms with Gasteiger partial charge in [-0.2, -0.15) is 0 Å². The molecular formula is C14H13N3O5. The maximum atomic E-state index is 12.5. The fraction of sp³-hybridized carbons (Fsp3) is 0.286. The first-order valence-corrected chi connectivity index (χ1v) is 6.74. The van der Waals surface area contributed by atoms with E-state index in [1.807, 2.05) is 0 Å². The lowest BCUT2D eigenvalue weighted by molar-refractivity contribution is -0.136. The Kier molecular flexibility index (Phi) is 3.38. The van der Waals surface area contributed by atoms with E-state index in [0.29, 0.717) is 5.69 Å². The predicted octanol–water partition coefficient (Wildman–Crippen LogP) is -0.551. The van der Waals surface area contributed by atoms with Gasteiger partial charge in [-0.3, -0.25) is 29.4 Å². The molecule has 1 aromatic rings. The molecule has 2 aliphatic rings. The Hall–Kier alpha value is -2.74. The molecule has 8 nitrogen and oxygen atoms in total. The standard InChI is InChI=1S/C14H13N3O5/c18-6-15-8-3-1-2-7-11(8)14(22)17(13(7)21)9-4-5-10(19)16-12(9)20/h1-3,9,15,18H,4-6H2,(H,16,19,20). The molecule has 8 heteroatoms. The summed E-state index contributed by atoms with van der Waals surface area (Å²) < 4.78 is 0. The number of amides is 4. The highest BCUT2D eigenvalue weighted by Gasteiger charge is 2.45. The van der Waals surface area contributed by atoms with Gasteiger partial charge in [0.05, 0.1) is 11.1 Å². The number of fused-ring (bicyclic) bond motifs is 1. The number of rotatable bonds is 3. The Bertz CT molecular complexity index is 700. The summed E-state index contributed by atoms with van der Waals surface area (Å²) in [6.45, 7) is -0.393. The minimum Gasteiger partial charge on any atom is -0.377 e. The van der Waals surface area contributed by atoms with Crippen molar-refractivity contribution in [2.75, 3.05) is 12.0 Å². The number of benzene rings is 1. The van der Waals surface area contributed by atoms with E-state index >= 15 is 0 Å². The maximum Gasteiger partial charge on any atom is 0.264 e. The van der Waals surface area contributed by atoms with Crippen LogP contribution in [0.4, 0.5) is 5.69 Å². The van der Waals surface area contributed by atoms with Gasteiger partial charge in [-0.15, -0.1) is 0 Å². The van der Waals surface area contributed by atoms with Crippen LogP contribution in [0.25, 0.3) is 0 Å². The average molecular weight is 303 g/mol. The molecule has 2 aliphatic heterocycles. The number of anilines is 1. The van der Waals surface area contributed by atoms with E-state index in [9.17, 15) is 19.2 Å². The molecule has 2 heterocycles. The molecule has 0 spiro atoms. The van der Waals surface area contributed by atoms with Crippen molar-refractivity contribution in [3.05, 3.63) is 29.3 Å². The van der Waals surface area contributed by atoms with Crippen LogP contribution in [-0.4, -0.2) is 46.4 Å². The minimum absolute atomic E-state index is 0.0750. The molecule has 1 fully saturated rings. The molecule has 0 bridgehead atoms. The number of hydrogen-bond acceptors (Lipinski definition) is 6. The second kappa shape index (κ2) is 5.23. The molecule has 3 rings (SSSR count). The highest BCUT2D eigenvalue weighted by atomic mass is 16.3. The number of imide groups is 2. The fourth-order valence-electron chi connectivity index (χ4n) is 2.75. The van der Waals surface area contributed by atoms with Crippen LogP contribution in [0.2, 0.25) is 0 Å². The van der Waals surface area contributed by atoms with E-state index in [4.69, 9.17) is 5.11 Å². The average Bonchev–Trinajstić information content (AvgIpc) is 2.73. The van der Waals surface area contributed by atoms with Crippen molar-refractivity contribution in [1.82, 2.24) is 10.2 Å². The zero-order valence-corrected chi connectivity index (χ0v) is 11.5. The first kappa shape index (κ1) is 14.2. The van der Waals surface area contributed by atoms with Crippen molar-refractivity contribution in [2.45, 2.75) is 18.9 Å². The van der Waals surface area contributed by atoms with Crippen molar-refractivity contribution < 1.29 is 24.3 Å². The van der Waals surface area contributed by atoms with E-state index in [0.717, 1.165) is 4.90 Å². The van der Waals surface area contributed by atoms with Gasteiger partial charge in [0.1, 0.15) is 12.8 Å². The number of nitrogens with zero attached hydrogens (tertiary/aromatic N) is 1. The Morgan fingerprint density at radius 2 is 2.00 bits per heavy atom. The van der Waals surface area contributed by atoms with Crippen molar-refractivity contribution in [2.24, 2.45) is 0 Å². The molecule has 1 unspecified atom stereocenters. The number of carbonyl (C=O) groups excluding carboxylic acids is 4. The molecule has 4 amide bonds. The molecule has 0 radical (unpaired) electrons. The highest BCUT2D eigenvalue weighted by Crippen LogP contribution is 2.32. The summed E-state index contributed by atoms with van der Waals surface area (Å²) in [5, 5.41) is 13.7. The molecule has 1 saturated heterocycles. The van der Waals surface area contributed by atoms with Gasteiger partial charge in [-0.25, -0.2) is 0 Å². The molecule has 0 aliphatic carbocycles. The van der Waals surface area contributed by atoms with Crippen LogP contribution < -0.4 is 10.6 Å². The summed E-state index contributed by atoms with van der Waals surface area (Å²) >= 11 is 0. The summed E-state index contributed by atoms with van der Waals surface area (Å²) in [6.07, 6.45) is 0.185. The van der Waals surface area contributed by atoms with E-state index in [1.165, 1.54) is 6.07 Å². The smallest absolute Gasteiger partial charge is 0.264 e. The van der Waals surface area contributed by atoms with Crippen molar-refractivity contribution in [3.63, 3.8) is 0 Å². The highest BCUT2D eigenvalue weighted by molar-refractivity contribution is 6.25. The van der Waals surface area contributed by atoms with Crippen LogP contribution in [0.3, 0.4) is 0 Å². The van der Waals surface area contributed by atoms with Crippen LogP contribution in [0.1, 0.15) is 33.6 Å². The van der Waals surface area contributed by atoms with Crippen LogP contribution in [0.15, 0.2) is 18.2 Å². The van der Waals surface area contributed by atoms with Crippen LogP contribution in [-0.2, 0) is 9.59 Å². The minimum atomic E-state index is -0.993. The first-order chi connectivity index (χ1) is 10.5. The molecule has 114 valence electrons. The van der Waals surface area contributed by atoms with Gasteiger partial charge in [0, 0.05) is 12.1 Å². The van der Waals surface area contributed by atoms with E-state index in [2.05, 4.69) is 10.6 Å². The van der Waals surface area contributed by atoms with Gasteiger partial charge in [-0.05, 0) is 18.6 Å². The van der Waals surface area contributed by atoms with E-state index in [-0.39, 0.29) is 24.0 Å². The Morgan fingerprint density at radius 1 is 1.23 bits per heavy atom. The summed E-state index contributed by atoms with van der Waals surface area (Å²) in [6, 6.07) is 3.64. The number of piperidine rings is 1. The van der Waals surface area contributed by atoms with Gasteiger partial charge in [0.25, 0.3) is 11.8 Å². The van der Waals surface area contributed by atoms with Gasteiger partial charge in [0.2, 0.25) is 11.8 Å². The molecule has 1 atom stereocenters. The van der Waals surface area contributed by atoms with Gasteiger partial charge >= 0.3 is 0 Å². The number of aliphatic hydroxyl groups excluding tert-OH is 1. The summed E-state index contributed by atoms with van der Waals surface area (Å²) in [4.78, 5) is 49.0. The van der Waals surface area contributed by atoms with Gasteiger partial charge < -0.3 is 10.4 Å². The second-order valence-corrected chi connectivity index (χ2v) is 5.01. The lowest BCUT2D eigenvalue weighted by atomic mass is 10.0. The number of aliphatic hydroxyl groups is 1. The second-order valence-electron chi connectivity index (χ2n) is 5.01. The Balaban J connectivity index is 1.98. The van der Waals surface area contributed by atoms with E-state index < -0.39 is 36.4 Å². The topological polar surface area (TPSA) is 116 Å². The van der Waals surface area contributed by atoms with Crippen molar-refractivity contribution in [3.8, 4) is 0 Å². The quantitative estimate of drug-likeness (QED) is 0.509. The van der Waals surface area contributed by atoms with Crippen LogP contribution in [0, 0.1) is 0 Å². The molecule has 22 heavy (non-hydrogen) atoms. The Labute approximate surface area is 125 Å². The normalized spacial score (nSPS) is 21.0. The van der Waals surface area contributed by atoms with Crippen LogP contribution in [0.5, 0.6) is 0 Å². The molecule has 3 N–H and O–H groups in total. The summed E-state index contributed by atoms with van der Waals surface area (Å²) in [5.74, 6) is -2.25. The molecule has 0 aromatic heterocycles. The Morgan fingerprint density at radius 3 is 2.68 bits per heavy atom. The third-order valence-corrected chi connectivity index (χ3v) is 3.74. The van der Waals surface area contributed by atoms with Gasteiger partial charge in [-0.1, -0.05) is 6.07 Å². The number of hydrogen-bond donors (Lipinski definition) is 3. The van der Waals surface area contributed by atoms with Gasteiger partial charge in [0.15, 0.2) is 0 Å². The monoisotopic (exact) mass is 303 g/mol. The number of nitrogens with one attached hydrogen (secondary N) is 2. The van der Waals surface area contributed by atoms with Crippen molar-refractivity contribution >= 4 is 29.3 Å². The molecule has 1 aromatic carbocycles. The molecule has 0 saturated carbocycles. The predicted molar refractivity (Wildman–Crippen MR) is 73.8 cm³/mol. The van der Waals surface area contributed by atoms with Crippen LogP contribution >= 0.6 is 0 Å². The molecular weight excluding hydrogens is 290 g/mol. The SMILES string of the molecule is O=C1CCC(N2C(=O)c3cccc(NCO)c3C2=O)C(=O)N1. The first-order valence-electron chi connectivity index (χ1n) is 6.74. The lowest BCUT2D eigenvalue weighted by Crippen LogP contribution is -2.54. The lowest BCUT2D eigenvalue weighted by Gasteiger charge is -2.27. The third-order valence-electron chi connectivity index (χ3n) is 3.74. The largest absolute Gasteiger partial charge is 0.377 e. The zero-order valence-electron chi connectivity index (χ0n) is 11.5. The third kappa shape index (κ3) is 2.04. The number of carbonyl (C=O) groups is 4. The van der Waals surface area contributed by atoms with Crippen molar-refractivity contribution in [1.29, 1.82) is 0 Å². The summed E-state index contributed by atoms with van der Waals surface area (Å²) in [7, 11) is 0. The summed E-state index contributed by atoms with van der Waals surface area (Å²) in [5.41, 5.74) is 0.632. The fourth-order valence-corrected chi connectivity index (χ4v) is 2.75. The zero-order chi connectivity index (χ0) is 15.9.